The first-order valence-electron chi connectivity index (χ1n) is 9.94. The van der Waals surface area contributed by atoms with Crippen LogP contribution in [0.4, 0.5) is 0 Å². The van der Waals surface area contributed by atoms with Gasteiger partial charge in [0, 0.05) is 6.04 Å². The highest BCUT2D eigenvalue weighted by Gasteiger charge is 2.38. The van der Waals surface area contributed by atoms with Gasteiger partial charge in [-0.3, -0.25) is 0 Å². The van der Waals surface area contributed by atoms with E-state index in [1.165, 1.54) is 6.92 Å². The van der Waals surface area contributed by atoms with Crippen molar-refractivity contribution in [1.29, 1.82) is 0 Å². The fraction of sp³-hybridized carbons (Fsp3) is 0.667. The summed E-state index contributed by atoms with van der Waals surface area (Å²) in [5, 5.41) is 66.1. The molecule has 192 valence electrons. The fourth-order valence-electron chi connectivity index (χ4n) is 3.25. The highest BCUT2D eigenvalue weighted by atomic mass is 32.2. The van der Waals surface area contributed by atoms with E-state index in [1.54, 1.807) is 0 Å². The van der Waals surface area contributed by atoms with Crippen LogP contribution in [0.5, 0.6) is 0 Å². The molecule has 0 spiro atoms. The Hall–Kier alpha value is -1.24. The fourth-order valence-corrected chi connectivity index (χ4v) is 6.81. The molecule has 0 fully saturated rings. The first-order chi connectivity index (χ1) is 15.5. The van der Waals surface area contributed by atoms with Gasteiger partial charge in [0.05, 0.1) is 74.2 Å². The van der Waals surface area contributed by atoms with E-state index in [0.717, 1.165) is 28.6 Å². The normalized spacial score (nSPS) is 14.2. The number of sulfonamides is 2. The van der Waals surface area contributed by atoms with Gasteiger partial charge in [-0.25, -0.2) is 16.8 Å². The molecular formula is C18H32N2O11S2. The van der Waals surface area contributed by atoms with Gasteiger partial charge in [0.25, 0.3) is 0 Å². The molecule has 0 aliphatic carbocycles. The zero-order valence-corrected chi connectivity index (χ0v) is 19.7. The second kappa shape index (κ2) is 13.0. The Morgan fingerprint density at radius 2 is 0.848 bits per heavy atom. The van der Waals surface area contributed by atoms with Crippen molar-refractivity contribution in [2.24, 2.45) is 0 Å². The van der Waals surface area contributed by atoms with Crippen molar-refractivity contribution in [3.63, 3.8) is 0 Å². The second-order valence-electron chi connectivity index (χ2n) is 7.23. The summed E-state index contributed by atoms with van der Waals surface area (Å²) < 4.78 is 53.7. The van der Waals surface area contributed by atoms with E-state index in [2.05, 4.69) is 0 Å². The lowest BCUT2D eigenvalue weighted by Crippen LogP contribution is -2.53. The van der Waals surface area contributed by atoms with Gasteiger partial charge in [-0.2, -0.15) is 8.61 Å². The minimum Gasteiger partial charge on any atom is -0.395 e. The quantitative estimate of drug-likeness (QED) is 0.120. The maximum Gasteiger partial charge on any atom is 0.243 e. The van der Waals surface area contributed by atoms with E-state index in [4.69, 9.17) is 0 Å². The van der Waals surface area contributed by atoms with Crippen LogP contribution < -0.4 is 0 Å². The van der Waals surface area contributed by atoms with Crippen molar-refractivity contribution in [3.05, 3.63) is 24.3 Å². The van der Waals surface area contributed by atoms with Crippen molar-refractivity contribution in [3.8, 4) is 0 Å². The van der Waals surface area contributed by atoms with E-state index in [1.807, 2.05) is 0 Å². The van der Waals surface area contributed by atoms with Crippen LogP contribution in [0, 0.1) is 0 Å². The molecule has 1 unspecified atom stereocenters. The number of hydrogen-bond donors (Lipinski definition) is 7. The van der Waals surface area contributed by atoms with Crippen LogP contribution in [0.2, 0.25) is 0 Å². The van der Waals surface area contributed by atoms with E-state index in [0.29, 0.717) is 4.31 Å². The third-order valence-corrected chi connectivity index (χ3v) is 9.12. The smallest absolute Gasteiger partial charge is 0.243 e. The summed E-state index contributed by atoms with van der Waals surface area (Å²) in [6.45, 7) is -3.94. The molecule has 7 N–H and O–H groups in total. The van der Waals surface area contributed by atoms with Crippen LogP contribution in [0.1, 0.15) is 6.92 Å². The lowest BCUT2D eigenvalue weighted by Gasteiger charge is -2.34. The summed E-state index contributed by atoms with van der Waals surface area (Å²) in [4.78, 5) is -0.829. The van der Waals surface area contributed by atoms with E-state index < -0.39 is 95.4 Å². The van der Waals surface area contributed by atoms with E-state index >= 15 is 0 Å². The average molecular weight is 517 g/mol. The predicted octanol–water partition coefficient (Wildman–Crippen LogP) is -3.89. The standard InChI is InChI=1S/C18H32N2O11S2/c1-13(6-21)19(14(7-22)8-23)32(28,29)17-2-4-18(5-3-17)33(30,31)20(15(9-24)10-25)16(11-26)12-27/h2-5,13-16,21-27H,6-12H2,1H3. The van der Waals surface area contributed by atoms with Gasteiger partial charge in [0.2, 0.25) is 20.0 Å². The molecular weight excluding hydrogens is 484 g/mol. The molecule has 0 aliphatic rings. The molecule has 0 bridgehead atoms. The van der Waals surface area contributed by atoms with Crippen molar-refractivity contribution in [1.82, 2.24) is 8.61 Å². The predicted molar refractivity (Wildman–Crippen MR) is 115 cm³/mol. The molecule has 0 heterocycles. The SMILES string of the molecule is CC(CO)N(C(CO)CO)S(=O)(=O)c1ccc(S(=O)(=O)N(C(CO)CO)C(CO)CO)cc1. The lowest BCUT2D eigenvalue weighted by atomic mass is 10.2. The Balaban J connectivity index is 3.50. The molecule has 13 nitrogen and oxygen atoms in total. The summed E-state index contributed by atoms with van der Waals surface area (Å²) in [7, 11) is -8.90. The van der Waals surface area contributed by atoms with Gasteiger partial charge < -0.3 is 35.7 Å². The minimum atomic E-state index is -4.51. The van der Waals surface area contributed by atoms with E-state index in [9.17, 15) is 52.6 Å². The van der Waals surface area contributed by atoms with Crippen molar-refractivity contribution >= 4 is 20.0 Å². The molecule has 0 saturated heterocycles. The Bertz CT molecular complexity index is 901. The molecule has 0 aliphatic heterocycles. The molecule has 33 heavy (non-hydrogen) atoms. The van der Waals surface area contributed by atoms with Crippen LogP contribution in [0.3, 0.4) is 0 Å². The highest BCUT2D eigenvalue weighted by molar-refractivity contribution is 7.89. The largest absolute Gasteiger partial charge is 0.395 e. The molecule has 1 rings (SSSR count). The summed E-state index contributed by atoms with van der Waals surface area (Å²) in [5.41, 5.74) is 0. The topological polar surface area (TPSA) is 216 Å². The van der Waals surface area contributed by atoms with Crippen molar-refractivity contribution in [2.45, 2.75) is 40.9 Å². The molecule has 0 aromatic heterocycles. The van der Waals surface area contributed by atoms with Crippen LogP contribution in [-0.2, 0) is 20.0 Å². The monoisotopic (exact) mass is 516 g/mol. The van der Waals surface area contributed by atoms with Gasteiger partial charge in [-0.1, -0.05) is 0 Å². The maximum atomic E-state index is 13.1. The van der Waals surface area contributed by atoms with Crippen LogP contribution >= 0.6 is 0 Å². The number of aliphatic hydroxyl groups excluding tert-OH is 7. The molecule has 1 aromatic rings. The Kier molecular flexibility index (Phi) is 11.7. The molecule has 0 radical (unpaired) electrons. The van der Waals surface area contributed by atoms with Crippen molar-refractivity contribution in [2.75, 3.05) is 46.2 Å². The summed E-state index contributed by atoms with van der Waals surface area (Å²) in [6, 6.07) is -1.20. The Labute approximate surface area is 192 Å². The molecule has 1 atom stereocenters. The summed E-state index contributed by atoms with van der Waals surface area (Å²) in [5.74, 6) is 0. The zero-order valence-electron chi connectivity index (χ0n) is 18.0. The van der Waals surface area contributed by atoms with Crippen LogP contribution in [0.25, 0.3) is 0 Å². The van der Waals surface area contributed by atoms with Gasteiger partial charge in [0.1, 0.15) is 0 Å². The zero-order chi connectivity index (χ0) is 25.4. The molecule has 0 saturated carbocycles. The Morgan fingerprint density at radius 1 is 0.576 bits per heavy atom. The Morgan fingerprint density at radius 3 is 1.12 bits per heavy atom. The second-order valence-corrected chi connectivity index (χ2v) is 10.9. The number of benzene rings is 1. The number of rotatable bonds is 15. The molecule has 1 aromatic carbocycles. The van der Waals surface area contributed by atoms with Gasteiger partial charge in [-0.05, 0) is 31.2 Å². The lowest BCUT2D eigenvalue weighted by molar-refractivity contribution is 0.0550. The van der Waals surface area contributed by atoms with Crippen molar-refractivity contribution < 1.29 is 52.6 Å². The average Bonchev–Trinajstić information content (AvgIpc) is 2.82. The summed E-state index contributed by atoms with van der Waals surface area (Å²) >= 11 is 0. The number of nitrogens with zero attached hydrogens (tertiary/aromatic N) is 2. The van der Waals surface area contributed by atoms with E-state index in [-0.39, 0.29) is 4.90 Å². The first-order valence-corrected chi connectivity index (χ1v) is 12.8. The van der Waals surface area contributed by atoms with Gasteiger partial charge in [0.15, 0.2) is 0 Å². The first kappa shape index (κ1) is 29.8. The number of aliphatic hydroxyl groups is 7. The van der Waals surface area contributed by atoms with Crippen LogP contribution in [-0.4, -0.2) is 132 Å². The van der Waals surface area contributed by atoms with Gasteiger partial charge in [-0.15, -0.1) is 0 Å². The summed E-state index contributed by atoms with van der Waals surface area (Å²) in [6.07, 6.45) is 0. The molecule has 15 heteroatoms. The van der Waals surface area contributed by atoms with Gasteiger partial charge >= 0.3 is 0 Å². The highest BCUT2D eigenvalue weighted by Crippen LogP contribution is 2.26. The number of hydrogen-bond acceptors (Lipinski definition) is 11. The molecule has 0 amide bonds. The third-order valence-electron chi connectivity index (χ3n) is 5.02. The minimum absolute atomic E-state index is 0.387. The maximum absolute atomic E-state index is 13.1. The van der Waals surface area contributed by atoms with Crippen LogP contribution in [0.15, 0.2) is 34.1 Å². The third kappa shape index (κ3) is 6.46.